The van der Waals surface area contributed by atoms with E-state index in [4.69, 9.17) is 16.3 Å². The monoisotopic (exact) mass is 285 g/mol. The number of rotatable bonds is 6. The van der Waals surface area contributed by atoms with Crippen molar-refractivity contribution in [3.8, 4) is 5.75 Å². The third-order valence-electron chi connectivity index (χ3n) is 2.35. The molecule has 1 aromatic rings. The number of esters is 1. The molecule has 0 atom stereocenters. The Morgan fingerprint density at radius 1 is 1.37 bits per heavy atom. The van der Waals surface area contributed by atoms with E-state index in [0.29, 0.717) is 23.7 Å². The van der Waals surface area contributed by atoms with Crippen LogP contribution < -0.4 is 10.1 Å². The molecule has 0 fully saturated rings. The molecule has 1 N–H and O–H groups in total. The minimum Gasteiger partial charge on any atom is -0.491 e. The Labute approximate surface area is 116 Å². The van der Waals surface area contributed by atoms with Crippen molar-refractivity contribution in [3.63, 3.8) is 0 Å². The van der Waals surface area contributed by atoms with E-state index in [1.54, 1.807) is 19.1 Å². The molecule has 1 aromatic carbocycles. The molecule has 0 unspecified atom stereocenters. The number of carbonyl (C=O) groups excluding carboxylic acids is 2. The van der Waals surface area contributed by atoms with Crippen LogP contribution >= 0.6 is 11.6 Å². The third-order valence-corrected chi connectivity index (χ3v) is 2.58. The highest BCUT2D eigenvalue weighted by molar-refractivity contribution is 6.31. The van der Waals surface area contributed by atoms with E-state index in [1.165, 1.54) is 13.2 Å². The van der Waals surface area contributed by atoms with Gasteiger partial charge < -0.3 is 14.8 Å². The molecular weight excluding hydrogens is 270 g/mol. The maximum absolute atomic E-state index is 11.5. The number of methoxy groups -OCH3 is 1. The van der Waals surface area contributed by atoms with Gasteiger partial charge in [-0.3, -0.25) is 4.79 Å². The quantitative estimate of drug-likeness (QED) is 0.642. The Balaban J connectivity index is 2.62. The molecule has 0 bridgehead atoms. The first-order valence-electron chi connectivity index (χ1n) is 5.85. The molecule has 1 rings (SSSR count). The van der Waals surface area contributed by atoms with Crippen molar-refractivity contribution in [2.75, 3.05) is 20.3 Å². The summed E-state index contributed by atoms with van der Waals surface area (Å²) in [6, 6.07) is 4.69. The average Bonchev–Trinajstić information content (AvgIpc) is 2.43. The molecule has 0 aliphatic carbocycles. The Hall–Kier alpha value is -1.75. The summed E-state index contributed by atoms with van der Waals surface area (Å²) < 4.78 is 10.1. The van der Waals surface area contributed by atoms with Crippen LogP contribution in [0.25, 0.3) is 0 Å². The fourth-order valence-corrected chi connectivity index (χ4v) is 1.55. The van der Waals surface area contributed by atoms with Crippen molar-refractivity contribution < 1.29 is 19.1 Å². The lowest BCUT2D eigenvalue weighted by Gasteiger charge is -2.11. The molecule has 0 saturated carbocycles. The molecular formula is C13H16ClNO4. The van der Waals surface area contributed by atoms with Crippen LogP contribution in [-0.4, -0.2) is 32.1 Å². The first-order valence-corrected chi connectivity index (χ1v) is 6.23. The summed E-state index contributed by atoms with van der Waals surface area (Å²) >= 11 is 5.82. The zero-order chi connectivity index (χ0) is 14.3. The first-order chi connectivity index (χ1) is 9.08. The molecule has 6 heteroatoms. The molecule has 0 saturated heterocycles. The van der Waals surface area contributed by atoms with E-state index in [-0.39, 0.29) is 18.1 Å². The second-order valence-electron chi connectivity index (χ2n) is 3.68. The maximum atomic E-state index is 11.5. The average molecular weight is 286 g/mol. The fraction of sp³-hybridized carbons (Fsp3) is 0.385. The topological polar surface area (TPSA) is 64.6 Å². The highest BCUT2D eigenvalue weighted by Gasteiger charge is 2.13. The molecule has 0 radical (unpaired) electrons. The standard InChI is InChI=1S/C13H16ClNO4/c1-3-12(16)15-6-7-19-11-5-4-9(14)8-10(11)13(17)18-2/h4-5,8H,3,6-7H2,1-2H3,(H,15,16). The highest BCUT2D eigenvalue weighted by Crippen LogP contribution is 2.23. The van der Waals surface area contributed by atoms with Crippen molar-refractivity contribution in [3.05, 3.63) is 28.8 Å². The summed E-state index contributed by atoms with van der Waals surface area (Å²) in [5.74, 6) is -0.190. The number of hydrogen-bond acceptors (Lipinski definition) is 4. The number of benzene rings is 1. The maximum Gasteiger partial charge on any atom is 0.341 e. The predicted molar refractivity (Wildman–Crippen MR) is 71.6 cm³/mol. The van der Waals surface area contributed by atoms with Crippen molar-refractivity contribution in [1.29, 1.82) is 0 Å². The van der Waals surface area contributed by atoms with Gasteiger partial charge in [0.25, 0.3) is 0 Å². The minimum atomic E-state index is -0.518. The smallest absolute Gasteiger partial charge is 0.341 e. The molecule has 0 aliphatic heterocycles. The Kier molecular flexibility index (Phi) is 6.15. The van der Waals surface area contributed by atoms with Crippen LogP contribution in [0.15, 0.2) is 18.2 Å². The third kappa shape index (κ3) is 4.79. The normalized spacial score (nSPS) is 9.84. The first kappa shape index (κ1) is 15.3. The lowest BCUT2D eigenvalue weighted by molar-refractivity contribution is -0.120. The summed E-state index contributed by atoms with van der Waals surface area (Å²) in [6.07, 6.45) is 0.425. The molecule has 19 heavy (non-hydrogen) atoms. The number of hydrogen-bond donors (Lipinski definition) is 1. The van der Waals surface area contributed by atoms with Crippen LogP contribution in [0.4, 0.5) is 0 Å². The van der Waals surface area contributed by atoms with Crippen molar-refractivity contribution in [2.24, 2.45) is 0 Å². The molecule has 0 heterocycles. The Bertz CT molecular complexity index is 462. The van der Waals surface area contributed by atoms with E-state index in [1.807, 2.05) is 0 Å². The second kappa shape index (κ2) is 7.63. The van der Waals surface area contributed by atoms with Crippen LogP contribution in [0.2, 0.25) is 5.02 Å². The van der Waals surface area contributed by atoms with E-state index in [9.17, 15) is 9.59 Å². The van der Waals surface area contributed by atoms with Gasteiger partial charge in [-0.1, -0.05) is 18.5 Å². The van der Waals surface area contributed by atoms with Crippen LogP contribution in [0.1, 0.15) is 23.7 Å². The second-order valence-corrected chi connectivity index (χ2v) is 4.12. The van der Waals surface area contributed by atoms with Gasteiger partial charge >= 0.3 is 5.97 Å². The zero-order valence-corrected chi connectivity index (χ0v) is 11.6. The molecule has 0 aromatic heterocycles. The Morgan fingerprint density at radius 3 is 2.74 bits per heavy atom. The van der Waals surface area contributed by atoms with Crippen molar-refractivity contribution >= 4 is 23.5 Å². The van der Waals surface area contributed by atoms with Gasteiger partial charge in [-0.2, -0.15) is 0 Å². The van der Waals surface area contributed by atoms with Gasteiger partial charge in [-0.05, 0) is 18.2 Å². The number of amides is 1. The summed E-state index contributed by atoms with van der Waals surface area (Å²) in [5.41, 5.74) is 0.261. The summed E-state index contributed by atoms with van der Waals surface area (Å²) in [4.78, 5) is 22.6. The number of carbonyl (C=O) groups is 2. The van der Waals surface area contributed by atoms with E-state index in [2.05, 4.69) is 10.1 Å². The van der Waals surface area contributed by atoms with Gasteiger partial charge in [0.1, 0.15) is 17.9 Å². The lowest BCUT2D eigenvalue weighted by atomic mass is 10.2. The van der Waals surface area contributed by atoms with E-state index >= 15 is 0 Å². The SMILES string of the molecule is CCC(=O)NCCOc1ccc(Cl)cc1C(=O)OC. The van der Waals surface area contributed by atoms with Crippen LogP contribution in [0, 0.1) is 0 Å². The van der Waals surface area contributed by atoms with E-state index < -0.39 is 5.97 Å². The van der Waals surface area contributed by atoms with Crippen molar-refractivity contribution in [1.82, 2.24) is 5.32 Å². The van der Waals surface area contributed by atoms with Crippen LogP contribution in [-0.2, 0) is 9.53 Å². The largest absolute Gasteiger partial charge is 0.491 e. The van der Waals surface area contributed by atoms with Crippen LogP contribution in [0.5, 0.6) is 5.75 Å². The van der Waals surface area contributed by atoms with E-state index in [0.717, 1.165) is 0 Å². The lowest BCUT2D eigenvalue weighted by Crippen LogP contribution is -2.27. The number of halogens is 1. The van der Waals surface area contributed by atoms with Gasteiger partial charge in [0.15, 0.2) is 0 Å². The zero-order valence-electron chi connectivity index (χ0n) is 10.9. The van der Waals surface area contributed by atoms with Gasteiger partial charge in [-0.25, -0.2) is 4.79 Å². The number of nitrogens with one attached hydrogen (secondary N) is 1. The summed E-state index contributed by atoms with van der Waals surface area (Å²) in [6.45, 7) is 2.40. The molecule has 0 spiro atoms. The fourth-order valence-electron chi connectivity index (χ4n) is 1.37. The Morgan fingerprint density at radius 2 is 2.11 bits per heavy atom. The molecule has 0 aliphatic rings. The van der Waals surface area contributed by atoms with Gasteiger partial charge in [0.2, 0.25) is 5.91 Å². The van der Waals surface area contributed by atoms with Gasteiger partial charge in [0.05, 0.1) is 13.7 Å². The summed E-state index contributed by atoms with van der Waals surface area (Å²) in [7, 11) is 1.29. The molecule has 104 valence electrons. The van der Waals surface area contributed by atoms with Crippen LogP contribution in [0.3, 0.4) is 0 Å². The van der Waals surface area contributed by atoms with Crippen molar-refractivity contribution in [2.45, 2.75) is 13.3 Å². The van der Waals surface area contributed by atoms with Gasteiger partial charge in [0, 0.05) is 11.4 Å². The predicted octanol–water partition coefficient (Wildman–Crippen LogP) is 2.03. The minimum absolute atomic E-state index is 0.0482. The van der Waals surface area contributed by atoms with Gasteiger partial charge in [-0.15, -0.1) is 0 Å². The molecule has 5 nitrogen and oxygen atoms in total. The summed E-state index contributed by atoms with van der Waals surface area (Å²) in [5, 5.41) is 3.09. The highest BCUT2D eigenvalue weighted by atomic mass is 35.5. The number of ether oxygens (including phenoxy) is 2. The molecule has 1 amide bonds.